The molecule has 232 valence electrons. The van der Waals surface area contributed by atoms with Crippen molar-refractivity contribution in [3.05, 3.63) is 120 Å². The van der Waals surface area contributed by atoms with E-state index in [2.05, 4.69) is 154 Å². The van der Waals surface area contributed by atoms with Gasteiger partial charge < -0.3 is 14.4 Å². The summed E-state index contributed by atoms with van der Waals surface area (Å²) >= 11 is 0. The van der Waals surface area contributed by atoms with Gasteiger partial charge in [-0.2, -0.15) is 23.8 Å². The number of hydrogen-bond acceptors (Lipinski definition) is 3. The normalized spacial score (nSPS) is 15.4. The molecule has 0 N–H and O–H groups in total. The summed E-state index contributed by atoms with van der Waals surface area (Å²) in [5.74, 6) is 1.37. The summed E-state index contributed by atoms with van der Waals surface area (Å²) in [6.07, 6.45) is 10.2. The predicted octanol–water partition coefficient (Wildman–Crippen LogP) is 9.87. The van der Waals surface area contributed by atoms with Crippen LogP contribution in [0.25, 0.3) is 27.6 Å². The van der Waals surface area contributed by atoms with Gasteiger partial charge in [-0.25, -0.2) is 22.7 Å². The van der Waals surface area contributed by atoms with Crippen LogP contribution in [-0.2, 0) is 26.5 Å². The van der Waals surface area contributed by atoms with E-state index in [4.69, 9.17) is 4.98 Å². The van der Waals surface area contributed by atoms with Crippen LogP contribution >= 0.6 is 0 Å². The molecule has 7 rings (SSSR count). The van der Waals surface area contributed by atoms with Crippen LogP contribution in [0.4, 0.5) is 11.4 Å². The minimum Gasteiger partial charge on any atom is -0.347 e. The largest absolute Gasteiger partial charge is 2.00 e. The molecule has 0 fully saturated rings. The van der Waals surface area contributed by atoms with E-state index in [0.29, 0.717) is 5.92 Å². The first kappa shape index (κ1) is 31.4. The Morgan fingerprint density at radius 2 is 1.58 bits per heavy atom. The van der Waals surface area contributed by atoms with Crippen molar-refractivity contribution in [3.63, 3.8) is 0 Å². The fourth-order valence-electron chi connectivity index (χ4n) is 6.81. The minimum absolute atomic E-state index is 0. The van der Waals surface area contributed by atoms with Crippen LogP contribution in [0.1, 0.15) is 78.4 Å². The van der Waals surface area contributed by atoms with Crippen LogP contribution in [0.2, 0.25) is 0 Å². The van der Waals surface area contributed by atoms with Crippen molar-refractivity contribution in [1.82, 2.24) is 9.55 Å². The summed E-state index contributed by atoms with van der Waals surface area (Å²) in [7, 11) is 0. The van der Waals surface area contributed by atoms with E-state index >= 15 is 0 Å². The molecule has 1 aliphatic heterocycles. The van der Waals surface area contributed by atoms with Gasteiger partial charge in [-0.1, -0.05) is 75.7 Å². The molecule has 2 aromatic heterocycles. The zero-order valence-corrected chi connectivity index (χ0v) is 29.7. The van der Waals surface area contributed by atoms with Gasteiger partial charge in [0.15, 0.2) is 0 Å². The second kappa shape index (κ2) is 11.6. The molecule has 1 aliphatic carbocycles. The van der Waals surface area contributed by atoms with Crippen LogP contribution in [0, 0.1) is 12.1 Å². The van der Waals surface area contributed by atoms with E-state index in [-0.39, 0.29) is 32.0 Å². The molecule has 0 unspecified atom stereocenters. The van der Waals surface area contributed by atoms with Gasteiger partial charge in [0, 0.05) is 17.3 Å². The van der Waals surface area contributed by atoms with Crippen molar-refractivity contribution in [2.24, 2.45) is 0 Å². The monoisotopic (exact) mass is 773 g/mol. The quantitative estimate of drug-likeness (QED) is 0.166. The molecule has 0 spiro atoms. The molecule has 0 amide bonds. The van der Waals surface area contributed by atoms with E-state index in [1.165, 1.54) is 39.0 Å². The first-order chi connectivity index (χ1) is 21.0. The van der Waals surface area contributed by atoms with Gasteiger partial charge in [0.1, 0.15) is 5.82 Å². The fourth-order valence-corrected chi connectivity index (χ4v) is 6.81. The fraction of sp³-hybridized carbons (Fsp3) is 0.325. The number of nitrogens with zero attached hydrogens (tertiary/aromatic N) is 4. The van der Waals surface area contributed by atoms with Gasteiger partial charge in [-0.3, -0.25) is 0 Å². The first-order valence-corrected chi connectivity index (χ1v) is 15.9. The van der Waals surface area contributed by atoms with Crippen LogP contribution in [0.15, 0.2) is 96.3 Å². The van der Waals surface area contributed by atoms with E-state index in [1.54, 1.807) is 0 Å². The third kappa shape index (κ3) is 5.36. The third-order valence-corrected chi connectivity index (χ3v) is 9.49. The molecular formula is C40H42N4Pt. The number of aromatic nitrogens is 2. The number of pyridine rings is 1. The summed E-state index contributed by atoms with van der Waals surface area (Å²) in [5.41, 5.74) is 9.48. The summed E-state index contributed by atoms with van der Waals surface area (Å²) in [4.78, 5) is 9.83. The van der Waals surface area contributed by atoms with Gasteiger partial charge in [0.05, 0.1) is 18.0 Å². The molecule has 0 saturated carbocycles. The molecule has 2 aliphatic rings. The second-order valence-electron chi connectivity index (χ2n) is 14.1. The van der Waals surface area contributed by atoms with Crippen LogP contribution in [0.5, 0.6) is 0 Å². The van der Waals surface area contributed by atoms with Gasteiger partial charge in [0.25, 0.3) is 0 Å². The average Bonchev–Trinajstić information content (AvgIpc) is 3.58. The summed E-state index contributed by atoms with van der Waals surface area (Å²) in [6, 6.07) is 30.2. The van der Waals surface area contributed by atoms with Crippen molar-refractivity contribution in [1.29, 1.82) is 0 Å². The summed E-state index contributed by atoms with van der Waals surface area (Å²) < 4.78 is 2.29. The number of para-hydroxylation sites is 3. The van der Waals surface area contributed by atoms with E-state index in [9.17, 15) is 0 Å². The number of fused-ring (bicyclic) bond motifs is 4. The Labute approximate surface area is 282 Å². The van der Waals surface area contributed by atoms with E-state index < -0.39 is 0 Å². The average molecular weight is 774 g/mol. The zero-order valence-electron chi connectivity index (χ0n) is 27.4. The standard InChI is InChI=1S/C40H42N4.Pt/c1-27(2)28-21-22-41-38(23-28)44-34-16-9-8-15-32(34)33-20-19-30(25-37(33)44)40(6,7)29-13-12-14-31(24-29)42-26-43(39(3,4)5)36-18-11-10-17-35(36)42;/h8-11,13,15-23,27H,12,14,26H2,1-7H3;/q-2;+2. The Morgan fingerprint density at radius 1 is 0.844 bits per heavy atom. The molecule has 5 heteroatoms. The SMILES string of the molecule is CC(C)c1ccnc(-n2c3[c-]c(C(C)(C)C4=CCCC(N5CN(C(C)(C)C)c6ccccc65)=[C-]4)ccc3c3ccccc32)c1.[Pt+2]. The summed E-state index contributed by atoms with van der Waals surface area (Å²) in [5, 5.41) is 2.42. The van der Waals surface area contributed by atoms with Gasteiger partial charge in [-0.05, 0) is 79.8 Å². The molecule has 0 bridgehead atoms. The van der Waals surface area contributed by atoms with Crippen molar-refractivity contribution in [2.75, 3.05) is 16.5 Å². The Hall–Kier alpha value is -3.62. The maximum absolute atomic E-state index is 4.85. The Balaban J connectivity index is 0.00000357. The molecule has 3 heterocycles. The molecule has 5 aromatic rings. The zero-order chi connectivity index (χ0) is 30.8. The van der Waals surface area contributed by atoms with Crippen molar-refractivity contribution in [3.8, 4) is 5.82 Å². The van der Waals surface area contributed by atoms with E-state index in [1.807, 2.05) is 6.20 Å². The first-order valence-electron chi connectivity index (χ1n) is 15.9. The third-order valence-electron chi connectivity index (χ3n) is 9.49. The molecule has 4 nitrogen and oxygen atoms in total. The van der Waals surface area contributed by atoms with Crippen molar-refractivity contribution < 1.29 is 21.1 Å². The number of benzene rings is 3. The topological polar surface area (TPSA) is 24.3 Å². The second-order valence-corrected chi connectivity index (χ2v) is 14.1. The smallest absolute Gasteiger partial charge is 0.347 e. The van der Waals surface area contributed by atoms with Crippen LogP contribution in [-0.4, -0.2) is 21.8 Å². The van der Waals surface area contributed by atoms with E-state index in [0.717, 1.165) is 41.9 Å². The number of anilines is 2. The molecule has 0 radical (unpaired) electrons. The van der Waals surface area contributed by atoms with Crippen molar-refractivity contribution >= 4 is 33.2 Å². The number of rotatable bonds is 5. The Kier molecular flexibility index (Phi) is 8.11. The van der Waals surface area contributed by atoms with Crippen molar-refractivity contribution in [2.45, 2.75) is 78.2 Å². The summed E-state index contributed by atoms with van der Waals surface area (Å²) in [6.45, 7) is 16.8. The Morgan fingerprint density at radius 3 is 2.33 bits per heavy atom. The van der Waals surface area contributed by atoms with Crippen LogP contribution in [0.3, 0.4) is 0 Å². The minimum atomic E-state index is -0.280. The molecule has 3 aromatic carbocycles. The predicted molar refractivity (Wildman–Crippen MR) is 185 cm³/mol. The van der Waals surface area contributed by atoms with Gasteiger partial charge in [-0.15, -0.1) is 5.39 Å². The number of allylic oxidation sites excluding steroid dienone is 4. The number of hydrogen-bond donors (Lipinski definition) is 0. The molecular weight excluding hydrogens is 732 g/mol. The van der Waals surface area contributed by atoms with Gasteiger partial charge >= 0.3 is 21.1 Å². The Bertz CT molecular complexity index is 1950. The van der Waals surface area contributed by atoms with Gasteiger partial charge in [0.2, 0.25) is 0 Å². The molecule has 0 saturated heterocycles. The molecule has 45 heavy (non-hydrogen) atoms. The maximum atomic E-state index is 4.85. The van der Waals surface area contributed by atoms with Crippen LogP contribution < -0.4 is 9.80 Å². The maximum Gasteiger partial charge on any atom is 2.00 e. The molecule has 0 atom stereocenters.